The first-order valence-corrected chi connectivity index (χ1v) is 7.23. The van der Waals surface area contributed by atoms with E-state index in [1.807, 2.05) is 18.7 Å². The van der Waals surface area contributed by atoms with Gasteiger partial charge in [0, 0.05) is 26.1 Å². The molecule has 0 aromatic rings. The molecule has 1 aliphatic heterocycles. The normalized spacial score (nSPS) is 21.4. The number of hydrogen-bond donors (Lipinski definition) is 0. The second kappa shape index (κ2) is 7.39. The van der Waals surface area contributed by atoms with Crippen molar-refractivity contribution in [2.75, 3.05) is 19.6 Å². The Morgan fingerprint density at radius 1 is 1.11 bits per heavy atom. The fourth-order valence-electron chi connectivity index (χ4n) is 2.73. The summed E-state index contributed by atoms with van der Waals surface area (Å²) < 4.78 is 0. The molecule has 0 aromatic carbocycles. The van der Waals surface area contributed by atoms with Crippen molar-refractivity contribution in [3.05, 3.63) is 0 Å². The molecule has 4 nitrogen and oxygen atoms in total. The smallest absolute Gasteiger partial charge is 0.242 e. The van der Waals surface area contributed by atoms with Crippen molar-refractivity contribution in [3.63, 3.8) is 0 Å². The number of amides is 2. The number of carbonyl (C=O) groups excluding carboxylic acids is 2. The zero-order valence-corrected chi connectivity index (χ0v) is 11.9. The predicted octanol–water partition coefficient (Wildman–Crippen LogP) is 2.04. The van der Waals surface area contributed by atoms with Gasteiger partial charge in [0.05, 0.1) is 6.54 Å². The Balaban J connectivity index is 0.000000771. The standard InChI is InChI=1S/C12H20N2O2.C2H6/c1-10(15)13-7-8-14(12(16)9-13)11-5-3-2-4-6-11;1-2/h11H,2-9H2,1H3;1-2H3. The maximum atomic E-state index is 11.9. The topological polar surface area (TPSA) is 40.6 Å². The van der Waals surface area contributed by atoms with Gasteiger partial charge in [-0.1, -0.05) is 33.1 Å². The third kappa shape index (κ3) is 3.72. The van der Waals surface area contributed by atoms with Crippen molar-refractivity contribution in [3.8, 4) is 0 Å². The molecule has 0 bridgehead atoms. The Kier molecular flexibility index (Phi) is 6.16. The summed E-state index contributed by atoms with van der Waals surface area (Å²) in [6.07, 6.45) is 6.07. The molecular weight excluding hydrogens is 228 g/mol. The monoisotopic (exact) mass is 254 g/mol. The lowest BCUT2D eigenvalue weighted by atomic mass is 9.93. The lowest BCUT2D eigenvalue weighted by molar-refractivity contribution is -0.146. The molecule has 1 saturated carbocycles. The minimum absolute atomic E-state index is 0.0108. The SMILES string of the molecule is CC.CC(=O)N1CCN(C2CCCCC2)C(=O)C1. The summed E-state index contributed by atoms with van der Waals surface area (Å²) in [5.74, 6) is 0.144. The second-order valence-corrected chi connectivity index (χ2v) is 4.82. The molecule has 0 N–H and O–H groups in total. The molecule has 0 unspecified atom stereocenters. The third-order valence-electron chi connectivity index (χ3n) is 3.72. The molecule has 2 aliphatic rings. The van der Waals surface area contributed by atoms with Gasteiger partial charge in [0.2, 0.25) is 11.8 Å². The van der Waals surface area contributed by atoms with Crippen LogP contribution in [-0.4, -0.2) is 47.3 Å². The zero-order chi connectivity index (χ0) is 13.5. The Morgan fingerprint density at radius 3 is 2.22 bits per heavy atom. The van der Waals surface area contributed by atoms with Crippen molar-refractivity contribution < 1.29 is 9.59 Å². The first-order valence-electron chi connectivity index (χ1n) is 7.23. The maximum absolute atomic E-state index is 11.9. The van der Waals surface area contributed by atoms with Gasteiger partial charge in [0.15, 0.2) is 0 Å². The van der Waals surface area contributed by atoms with Gasteiger partial charge in [0.1, 0.15) is 0 Å². The fraction of sp³-hybridized carbons (Fsp3) is 0.857. The number of piperazine rings is 1. The van der Waals surface area contributed by atoms with E-state index in [1.54, 1.807) is 4.90 Å². The Hall–Kier alpha value is -1.06. The van der Waals surface area contributed by atoms with Gasteiger partial charge in [-0.05, 0) is 12.8 Å². The Bertz CT molecular complexity index is 286. The van der Waals surface area contributed by atoms with Gasteiger partial charge in [0.25, 0.3) is 0 Å². The third-order valence-corrected chi connectivity index (χ3v) is 3.72. The highest BCUT2D eigenvalue weighted by atomic mass is 16.2. The van der Waals surface area contributed by atoms with E-state index in [0.717, 1.165) is 19.4 Å². The second-order valence-electron chi connectivity index (χ2n) is 4.82. The van der Waals surface area contributed by atoms with Crippen LogP contribution in [0.2, 0.25) is 0 Å². The summed E-state index contributed by atoms with van der Waals surface area (Å²) in [6.45, 7) is 7.25. The summed E-state index contributed by atoms with van der Waals surface area (Å²) in [4.78, 5) is 26.8. The molecule has 1 aliphatic carbocycles. The summed E-state index contributed by atoms with van der Waals surface area (Å²) in [7, 11) is 0. The summed E-state index contributed by atoms with van der Waals surface area (Å²) in [5, 5.41) is 0. The maximum Gasteiger partial charge on any atom is 0.242 e. The van der Waals surface area contributed by atoms with E-state index < -0.39 is 0 Å². The molecular formula is C14H26N2O2. The van der Waals surface area contributed by atoms with Crippen molar-refractivity contribution >= 4 is 11.8 Å². The van der Waals surface area contributed by atoms with E-state index >= 15 is 0 Å². The highest BCUT2D eigenvalue weighted by Crippen LogP contribution is 2.23. The van der Waals surface area contributed by atoms with Gasteiger partial charge in [-0.3, -0.25) is 9.59 Å². The average molecular weight is 254 g/mol. The molecule has 0 spiro atoms. The first-order chi connectivity index (χ1) is 8.68. The Morgan fingerprint density at radius 2 is 1.72 bits per heavy atom. The fourth-order valence-corrected chi connectivity index (χ4v) is 2.73. The van der Waals surface area contributed by atoms with E-state index in [4.69, 9.17) is 0 Å². The van der Waals surface area contributed by atoms with Crippen LogP contribution < -0.4 is 0 Å². The molecule has 0 radical (unpaired) electrons. The predicted molar refractivity (Wildman–Crippen MR) is 72.2 cm³/mol. The van der Waals surface area contributed by atoms with Crippen LogP contribution in [0.1, 0.15) is 52.9 Å². The molecule has 0 atom stereocenters. The van der Waals surface area contributed by atoms with Crippen molar-refractivity contribution in [2.24, 2.45) is 0 Å². The molecule has 2 rings (SSSR count). The average Bonchev–Trinajstić information content (AvgIpc) is 2.42. The largest absolute Gasteiger partial charge is 0.336 e. The van der Waals surface area contributed by atoms with Gasteiger partial charge >= 0.3 is 0 Å². The van der Waals surface area contributed by atoms with E-state index in [9.17, 15) is 9.59 Å². The summed E-state index contributed by atoms with van der Waals surface area (Å²) >= 11 is 0. The number of carbonyl (C=O) groups is 2. The first kappa shape index (κ1) is 15.0. The lowest BCUT2D eigenvalue weighted by Crippen LogP contribution is -2.55. The van der Waals surface area contributed by atoms with Crippen molar-refractivity contribution in [1.29, 1.82) is 0 Å². The molecule has 2 fully saturated rings. The van der Waals surface area contributed by atoms with E-state index in [-0.39, 0.29) is 18.4 Å². The molecule has 2 amide bonds. The van der Waals surface area contributed by atoms with Gasteiger partial charge in [-0.2, -0.15) is 0 Å². The van der Waals surface area contributed by atoms with Gasteiger partial charge < -0.3 is 9.80 Å². The molecule has 18 heavy (non-hydrogen) atoms. The summed E-state index contributed by atoms with van der Waals surface area (Å²) in [6, 6.07) is 0.440. The molecule has 4 heteroatoms. The van der Waals surface area contributed by atoms with E-state index in [0.29, 0.717) is 12.6 Å². The number of nitrogens with zero attached hydrogens (tertiary/aromatic N) is 2. The summed E-state index contributed by atoms with van der Waals surface area (Å²) in [5.41, 5.74) is 0. The highest BCUT2D eigenvalue weighted by Gasteiger charge is 2.30. The van der Waals surface area contributed by atoms with Crippen LogP contribution in [0.5, 0.6) is 0 Å². The van der Waals surface area contributed by atoms with Crippen LogP contribution in [0.25, 0.3) is 0 Å². The number of rotatable bonds is 1. The van der Waals surface area contributed by atoms with Crippen molar-refractivity contribution in [1.82, 2.24) is 9.80 Å². The molecule has 0 aromatic heterocycles. The van der Waals surface area contributed by atoms with Crippen LogP contribution in [-0.2, 0) is 9.59 Å². The molecule has 104 valence electrons. The molecule has 1 heterocycles. The van der Waals surface area contributed by atoms with Crippen LogP contribution in [0, 0.1) is 0 Å². The van der Waals surface area contributed by atoms with Crippen LogP contribution in [0.3, 0.4) is 0 Å². The Labute approximate surface area is 110 Å². The van der Waals surface area contributed by atoms with Gasteiger partial charge in [-0.15, -0.1) is 0 Å². The quantitative estimate of drug-likeness (QED) is 0.718. The van der Waals surface area contributed by atoms with E-state index in [2.05, 4.69) is 0 Å². The van der Waals surface area contributed by atoms with Gasteiger partial charge in [-0.25, -0.2) is 0 Å². The number of hydrogen-bond acceptors (Lipinski definition) is 2. The minimum Gasteiger partial charge on any atom is -0.336 e. The van der Waals surface area contributed by atoms with Crippen molar-refractivity contribution in [2.45, 2.75) is 58.9 Å². The van der Waals surface area contributed by atoms with Crippen LogP contribution >= 0.6 is 0 Å². The van der Waals surface area contributed by atoms with Crippen LogP contribution in [0.4, 0.5) is 0 Å². The van der Waals surface area contributed by atoms with Crippen LogP contribution in [0.15, 0.2) is 0 Å². The zero-order valence-electron chi connectivity index (χ0n) is 11.9. The van der Waals surface area contributed by atoms with E-state index in [1.165, 1.54) is 26.2 Å². The lowest BCUT2D eigenvalue weighted by Gasteiger charge is -2.40. The molecule has 1 saturated heterocycles. The highest BCUT2D eigenvalue weighted by molar-refractivity contribution is 5.85. The minimum atomic E-state index is 0.0108.